The fourth-order valence-electron chi connectivity index (χ4n) is 2.54. The Labute approximate surface area is 187 Å². The van der Waals surface area contributed by atoms with Crippen molar-refractivity contribution >= 4 is 41.0 Å². The summed E-state index contributed by atoms with van der Waals surface area (Å²) in [4.78, 5) is 36.6. The molecule has 1 aromatic heterocycles. The average molecular weight is 453 g/mol. The van der Waals surface area contributed by atoms with Crippen LogP contribution in [0.3, 0.4) is 0 Å². The Morgan fingerprint density at radius 1 is 0.906 bits per heavy atom. The zero-order valence-corrected chi connectivity index (χ0v) is 18.0. The number of carbonyl (C=O) groups is 3. The van der Waals surface area contributed by atoms with Gasteiger partial charge < -0.3 is 19.5 Å². The van der Waals surface area contributed by atoms with Gasteiger partial charge in [0, 0.05) is 0 Å². The Morgan fingerprint density at radius 3 is 2.41 bits per heavy atom. The summed E-state index contributed by atoms with van der Waals surface area (Å²) < 4.78 is 15.7. The average Bonchev–Trinajstić information content (AvgIpc) is 3.35. The van der Waals surface area contributed by atoms with Gasteiger partial charge in [0.25, 0.3) is 0 Å². The highest BCUT2D eigenvalue weighted by atomic mass is 32.1. The lowest BCUT2D eigenvalue weighted by Crippen LogP contribution is -2.32. The van der Waals surface area contributed by atoms with E-state index in [4.69, 9.17) is 14.2 Å². The number of anilines is 1. The third-order valence-corrected chi connectivity index (χ3v) is 4.90. The van der Waals surface area contributed by atoms with Crippen LogP contribution in [-0.2, 0) is 9.59 Å². The van der Waals surface area contributed by atoms with Crippen LogP contribution in [0.25, 0.3) is 0 Å². The Morgan fingerprint density at radius 2 is 1.69 bits per heavy atom. The molecule has 3 rings (SSSR count). The third-order valence-electron chi connectivity index (χ3n) is 4.05. The number of methoxy groups -OCH3 is 2. The second-order valence-electron chi connectivity index (χ2n) is 6.13. The zero-order valence-electron chi connectivity index (χ0n) is 17.2. The molecule has 1 heterocycles. The van der Waals surface area contributed by atoms with E-state index in [0.29, 0.717) is 27.6 Å². The quantitative estimate of drug-likeness (QED) is 0.187. The highest BCUT2D eigenvalue weighted by Gasteiger charge is 2.16. The molecule has 0 saturated heterocycles. The molecule has 0 bridgehead atoms. The van der Waals surface area contributed by atoms with Crippen LogP contribution in [-0.4, -0.2) is 38.2 Å². The number of hydrogen-bond acceptors (Lipinski definition) is 8. The molecular formula is C22H19N3O6S. The van der Waals surface area contributed by atoms with Crippen LogP contribution in [0.15, 0.2) is 65.1 Å². The summed E-state index contributed by atoms with van der Waals surface area (Å²) in [6, 6.07) is 14.8. The van der Waals surface area contributed by atoms with Crippen molar-refractivity contribution in [2.75, 3.05) is 19.5 Å². The molecule has 0 aliphatic rings. The Kier molecular flexibility index (Phi) is 7.55. The zero-order chi connectivity index (χ0) is 22.9. The monoisotopic (exact) mass is 453 g/mol. The van der Waals surface area contributed by atoms with E-state index >= 15 is 0 Å². The molecule has 9 nitrogen and oxygen atoms in total. The van der Waals surface area contributed by atoms with Crippen LogP contribution < -0.4 is 25.0 Å². The predicted molar refractivity (Wildman–Crippen MR) is 120 cm³/mol. The van der Waals surface area contributed by atoms with Crippen molar-refractivity contribution in [3.05, 3.63) is 70.4 Å². The van der Waals surface area contributed by atoms with Gasteiger partial charge in [-0.15, -0.1) is 11.3 Å². The van der Waals surface area contributed by atoms with Crippen LogP contribution in [0, 0.1) is 0 Å². The minimum absolute atomic E-state index is 0.239. The number of nitrogens with zero attached hydrogens (tertiary/aromatic N) is 1. The standard InChI is InChI=1S/C22H19N3O6S/c1-29-16-7-4-3-6-15(16)24-20(26)21(27)25-23-13-14-9-10-17(18(12-14)30-2)31-22(28)19-8-5-11-32-19/h3-13H,1-2H3,(H,24,26)(H,25,27)/b23-13-. The molecule has 2 aromatic carbocycles. The second-order valence-corrected chi connectivity index (χ2v) is 7.08. The topological polar surface area (TPSA) is 115 Å². The van der Waals surface area contributed by atoms with Crippen molar-refractivity contribution in [3.8, 4) is 17.2 Å². The number of hydrazone groups is 1. The summed E-state index contributed by atoms with van der Waals surface area (Å²) in [6.07, 6.45) is 1.32. The van der Waals surface area contributed by atoms with E-state index in [-0.39, 0.29) is 5.75 Å². The predicted octanol–water partition coefficient (Wildman–Crippen LogP) is 3.07. The molecule has 0 unspecified atom stereocenters. The highest BCUT2D eigenvalue weighted by Crippen LogP contribution is 2.29. The molecule has 0 saturated carbocycles. The number of esters is 1. The Bertz CT molecular complexity index is 1140. The molecule has 32 heavy (non-hydrogen) atoms. The summed E-state index contributed by atoms with van der Waals surface area (Å²) in [5, 5.41) is 8.00. The van der Waals surface area contributed by atoms with E-state index in [9.17, 15) is 14.4 Å². The first-order chi connectivity index (χ1) is 15.5. The van der Waals surface area contributed by atoms with Crippen molar-refractivity contribution in [2.24, 2.45) is 5.10 Å². The van der Waals surface area contributed by atoms with Gasteiger partial charge in [-0.25, -0.2) is 10.2 Å². The van der Waals surface area contributed by atoms with Gasteiger partial charge in [-0.3, -0.25) is 9.59 Å². The van der Waals surface area contributed by atoms with Gasteiger partial charge in [0.1, 0.15) is 10.6 Å². The van der Waals surface area contributed by atoms with Crippen molar-refractivity contribution in [2.45, 2.75) is 0 Å². The lowest BCUT2D eigenvalue weighted by Gasteiger charge is -2.09. The highest BCUT2D eigenvalue weighted by molar-refractivity contribution is 7.12. The molecule has 0 aliphatic carbocycles. The van der Waals surface area contributed by atoms with Crippen molar-refractivity contribution < 1.29 is 28.6 Å². The number of amides is 2. The maximum absolute atomic E-state index is 12.1. The number of ether oxygens (including phenoxy) is 3. The van der Waals surface area contributed by atoms with Gasteiger partial charge in [-0.05, 0) is 47.3 Å². The first-order valence-corrected chi connectivity index (χ1v) is 10.1. The summed E-state index contributed by atoms with van der Waals surface area (Å²) in [7, 11) is 2.89. The minimum atomic E-state index is -0.958. The molecule has 10 heteroatoms. The van der Waals surface area contributed by atoms with E-state index in [1.807, 2.05) is 0 Å². The second kappa shape index (κ2) is 10.7. The fraction of sp³-hybridized carbons (Fsp3) is 0.0909. The number of benzene rings is 2. The summed E-state index contributed by atoms with van der Waals surface area (Å²) in [5.74, 6) is -1.39. The fourth-order valence-corrected chi connectivity index (χ4v) is 3.14. The largest absolute Gasteiger partial charge is 0.495 e. The van der Waals surface area contributed by atoms with Gasteiger partial charge in [-0.2, -0.15) is 5.10 Å². The van der Waals surface area contributed by atoms with E-state index in [1.165, 1.54) is 31.8 Å². The van der Waals surface area contributed by atoms with E-state index in [2.05, 4.69) is 15.8 Å². The molecule has 3 aromatic rings. The molecule has 2 amide bonds. The first kappa shape index (κ1) is 22.5. The Balaban J connectivity index is 1.60. The third kappa shape index (κ3) is 5.70. The molecule has 0 radical (unpaired) electrons. The normalized spacial score (nSPS) is 10.4. The van der Waals surface area contributed by atoms with Gasteiger partial charge in [0.05, 0.1) is 26.1 Å². The first-order valence-electron chi connectivity index (χ1n) is 9.23. The lowest BCUT2D eigenvalue weighted by molar-refractivity contribution is -0.136. The molecule has 0 aliphatic heterocycles. The SMILES string of the molecule is COc1ccccc1NC(=O)C(=O)N/N=C\c1ccc(OC(=O)c2cccs2)c(OC)c1. The molecule has 2 N–H and O–H groups in total. The summed E-state index contributed by atoms with van der Waals surface area (Å²) >= 11 is 1.27. The van der Waals surface area contributed by atoms with Crippen molar-refractivity contribution in [1.82, 2.24) is 5.43 Å². The summed E-state index contributed by atoms with van der Waals surface area (Å²) in [5.41, 5.74) is 3.05. The maximum Gasteiger partial charge on any atom is 0.353 e. The van der Waals surface area contributed by atoms with Crippen molar-refractivity contribution in [1.29, 1.82) is 0 Å². The number of para-hydroxylation sites is 2. The smallest absolute Gasteiger partial charge is 0.353 e. The minimum Gasteiger partial charge on any atom is -0.495 e. The van der Waals surface area contributed by atoms with Crippen LogP contribution in [0.2, 0.25) is 0 Å². The number of nitrogens with one attached hydrogen (secondary N) is 2. The van der Waals surface area contributed by atoms with Crippen LogP contribution in [0.4, 0.5) is 5.69 Å². The molecule has 0 atom stereocenters. The Hall–Kier alpha value is -4.18. The molecular weight excluding hydrogens is 434 g/mol. The van der Waals surface area contributed by atoms with E-state index < -0.39 is 17.8 Å². The van der Waals surface area contributed by atoms with Crippen molar-refractivity contribution in [3.63, 3.8) is 0 Å². The number of hydrogen-bond donors (Lipinski definition) is 2. The van der Waals surface area contributed by atoms with Crippen LogP contribution in [0.1, 0.15) is 15.2 Å². The summed E-state index contributed by atoms with van der Waals surface area (Å²) in [6.45, 7) is 0. The molecule has 0 spiro atoms. The molecule has 0 fully saturated rings. The van der Waals surface area contributed by atoms with Crippen LogP contribution >= 0.6 is 11.3 Å². The van der Waals surface area contributed by atoms with E-state index in [0.717, 1.165) is 0 Å². The van der Waals surface area contributed by atoms with Gasteiger partial charge in [-0.1, -0.05) is 18.2 Å². The van der Waals surface area contributed by atoms with Gasteiger partial charge >= 0.3 is 17.8 Å². The van der Waals surface area contributed by atoms with Crippen LogP contribution in [0.5, 0.6) is 17.2 Å². The van der Waals surface area contributed by atoms with E-state index in [1.54, 1.807) is 60.0 Å². The number of carbonyl (C=O) groups excluding carboxylic acids is 3. The maximum atomic E-state index is 12.1. The number of thiophene rings is 1. The number of rotatable bonds is 7. The van der Waals surface area contributed by atoms with Gasteiger partial charge in [0.2, 0.25) is 0 Å². The lowest BCUT2D eigenvalue weighted by atomic mass is 10.2. The van der Waals surface area contributed by atoms with Gasteiger partial charge in [0.15, 0.2) is 11.5 Å². The molecule has 164 valence electrons.